The molecule has 0 saturated carbocycles. The maximum absolute atomic E-state index is 3.55. The molecule has 0 amide bonds. The highest BCUT2D eigenvalue weighted by molar-refractivity contribution is 4.75. The molecule has 0 aliphatic carbocycles. The van der Waals surface area contributed by atoms with Crippen molar-refractivity contribution < 1.29 is 0 Å². The van der Waals surface area contributed by atoms with Crippen LogP contribution in [0.1, 0.15) is 80.1 Å². The van der Waals surface area contributed by atoms with Gasteiger partial charge in [0, 0.05) is 6.04 Å². The minimum absolute atomic E-state index is 0.697. The molecule has 0 aliphatic heterocycles. The fraction of sp³-hybridized carbons (Fsp3) is 1.00. The normalized spacial score (nSPS) is 19.7. The first-order valence-corrected chi connectivity index (χ1v) is 8.63. The first-order chi connectivity index (χ1) is 8.96. The van der Waals surface area contributed by atoms with E-state index in [1.54, 1.807) is 0 Å². The van der Waals surface area contributed by atoms with Gasteiger partial charge in [0.1, 0.15) is 0 Å². The zero-order chi connectivity index (χ0) is 14.8. The van der Waals surface area contributed by atoms with Gasteiger partial charge in [-0.05, 0) is 43.6 Å². The summed E-state index contributed by atoms with van der Waals surface area (Å²) in [5, 5.41) is 3.55. The average Bonchev–Trinajstić information content (AvgIpc) is 2.42. The second kappa shape index (κ2) is 10.7. The lowest BCUT2D eigenvalue weighted by Gasteiger charge is -2.29. The molecule has 0 aromatic carbocycles. The average molecular weight is 270 g/mol. The van der Waals surface area contributed by atoms with E-state index in [0.717, 1.165) is 23.7 Å². The summed E-state index contributed by atoms with van der Waals surface area (Å²) in [5.41, 5.74) is 0. The largest absolute Gasteiger partial charge is 0.317 e. The molecule has 5 unspecified atom stereocenters. The van der Waals surface area contributed by atoms with E-state index in [1.807, 2.05) is 0 Å². The van der Waals surface area contributed by atoms with Gasteiger partial charge in [0.05, 0.1) is 0 Å². The fourth-order valence-electron chi connectivity index (χ4n) is 2.91. The van der Waals surface area contributed by atoms with Crippen LogP contribution in [0.15, 0.2) is 0 Å². The van der Waals surface area contributed by atoms with Crippen molar-refractivity contribution in [3.63, 3.8) is 0 Å². The maximum Gasteiger partial charge on any atom is 0.00693 e. The molecule has 19 heavy (non-hydrogen) atoms. The highest BCUT2D eigenvalue weighted by Gasteiger charge is 2.20. The first kappa shape index (κ1) is 19.0. The molecular weight excluding hydrogens is 230 g/mol. The summed E-state index contributed by atoms with van der Waals surface area (Å²) in [6, 6.07) is 0.697. The number of nitrogens with one attached hydrogen (secondary N) is 1. The summed E-state index contributed by atoms with van der Waals surface area (Å²) in [4.78, 5) is 0. The SMILES string of the molecule is CCCCC(C)C(C)CC(CC(C)C(C)CC)NC. The van der Waals surface area contributed by atoms with Crippen LogP contribution in [0.2, 0.25) is 0 Å². The van der Waals surface area contributed by atoms with E-state index in [2.05, 4.69) is 53.9 Å². The molecule has 0 bridgehead atoms. The smallest absolute Gasteiger partial charge is 0.00693 e. The molecule has 1 heteroatoms. The van der Waals surface area contributed by atoms with E-state index in [4.69, 9.17) is 0 Å². The summed E-state index contributed by atoms with van der Waals surface area (Å²) in [7, 11) is 2.14. The van der Waals surface area contributed by atoms with E-state index >= 15 is 0 Å². The monoisotopic (exact) mass is 269 g/mol. The number of unbranched alkanes of at least 4 members (excludes halogenated alkanes) is 1. The van der Waals surface area contributed by atoms with Gasteiger partial charge in [-0.2, -0.15) is 0 Å². The fourth-order valence-corrected chi connectivity index (χ4v) is 2.91. The van der Waals surface area contributed by atoms with Crippen LogP contribution in [0.25, 0.3) is 0 Å². The molecule has 0 fully saturated rings. The van der Waals surface area contributed by atoms with Crippen LogP contribution in [0.4, 0.5) is 0 Å². The topological polar surface area (TPSA) is 12.0 Å². The van der Waals surface area contributed by atoms with Crippen LogP contribution < -0.4 is 5.32 Å². The summed E-state index contributed by atoms with van der Waals surface area (Å²) < 4.78 is 0. The molecule has 116 valence electrons. The van der Waals surface area contributed by atoms with Gasteiger partial charge in [-0.1, -0.05) is 67.2 Å². The minimum atomic E-state index is 0.697. The van der Waals surface area contributed by atoms with Gasteiger partial charge in [-0.25, -0.2) is 0 Å². The van der Waals surface area contributed by atoms with Crippen LogP contribution in [0, 0.1) is 23.7 Å². The molecule has 1 N–H and O–H groups in total. The van der Waals surface area contributed by atoms with Crippen LogP contribution >= 0.6 is 0 Å². The molecule has 1 nitrogen and oxygen atoms in total. The van der Waals surface area contributed by atoms with Crippen LogP contribution in [-0.2, 0) is 0 Å². The van der Waals surface area contributed by atoms with Crippen molar-refractivity contribution >= 4 is 0 Å². The summed E-state index contributed by atoms with van der Waals surface area (Å²) in [6.07, 6.45) is 8.09. The van der Waals surface area contributed by atoms with Gasteiger partial charge < -0.3 is 5.32 Å². The second-order valence-corrected chi connectivity index (χ2v) is 6.92. The van der Waals surface area contributed by atoms with Gasteiger partial charge in [-0.3, -0.25) is 0 Å². The summed E-state index contributed by atoms with van der Waals surface area (Å²) >= 11 is 0. The Morgan fingerprint density at radius 1 is 0.789 bits per heavy atom. The Hall–Kier alpha value is -0.0400. The Bertz CT molecular complexity index is 202. The zero-order valence-electron chi connectivity index (χ0n) is 14.6. The van der Waals surface area contributed by atoms with Crippen molar-refractivity contribution in [2.24, 2.45) is 23.7 Å². The van der Waals surface area contributed by atoms with E-state index in [1.165, 1.54) is 38.5 Å². The number of hydrogen-bond donors (Lipinski definition) is 1. The predicted octanol–water partition coefficient (Wildman–Crippen LogP) is 5.50. The van der Waals surface area contributed by atoms with E-state index in [-0.39, 0.29) is 0 Å². The first-order valence-electron chi connectivity index (χ1n) is 8.63. The number of hydrogen-bond acceptors (Lipinski definition) is 1. The van der Waals surface area contributed by atoms with Gasteiger partial charge in [0.25, 0.3) is 0 Å². The van der Waals surface area contributed by atoms with Crippen molar-refractivity contribution in [3.05, 3.63) is 0 Å². The molecule has 0 saturated heterocycles. The number of rotatable bonds is 11. The summed E-state index contributed by atoms with van der Waals surface area (Å²) in [5.74, 6) is 3.40. The Morgan fingerprint density at radius 3 is 1.74 bits per heavy atom. The van der Waals surface area contributed by atoms with E-state index in [9.17, 15) is 0 Å². The van der Waals surface area contributed by atoms with Gasteiger partial charge in [0.2, 0.25) is 0 Å². The third-order valence-electron chi connectivity index (χ3n) is 5.32. The van der Waals surface area contributed by atoms with Gasteiger partial charge >= 0.3 is 0 Å². The molecule has 0 aromatic rings. The van der Waals surface area contributed by atoms with Gasteiger partial charge in [-0.15, -0.1) is 0 Å². The Labute approximate surface area is 122 Å². The van der Waals surface area contributed by atoms with Crippen molar-refractivity contribution in [2.45, 2.75) is 86.1 Å². The lowest BCUT2D eigenvalue weighted by Crippen LogP contribution is -2.32. The highest BCUT2D eigenvalue weighted by Crippen LogP contribution is 2.26. The lowest BCUT2D eigenvalue weighted by molar-refractivity contribution is 0.255. The third kappa shape index (κ3) is 7.97. The van der Waals surface area contributed by atoms with Crippen LogP contribution in [0.5, 0.6) is 0 Å². The minimum Gasteiger partial charge on any atom is -0.317 e. The predicted molar refractivity (Wildman–Crippen MR) is 88.6 cm³/mol. The molecule has 0 radical (unpaired) electrons. The molecular formula is C18H39N. The third-order valence-corrected chi connectivity index (χ3v) is 5.32. The van der Waals surface area contributed by atoms with Crippen molar-refractivity contribution in [1.29, 1.82) is 0 Å². The van der Waals surface area contributed by atoms with Crippen LogP contribution in [-0.4, -0.2) is 13.1 Å². The Kier molecular flexibility index (Phi) is 10.7. The van der Waals surface area contributed by atoms with E-state index in [0.29, 0.717) is 6.04 Å². The van der Waals surface area contributed by atoms with Crippen molar-refractivity contribution in [2.75, 3.05) is 7.05 Å². The standard InChI is InChI=1S/C18H39N/c1-8-10-11-15(4)17(6)13-18(19-7)12-16(5)14(3)9-2/h14-19H,8-13H2,1-7H3. The highest BCUT2D eigenvalue weighted by atomic mass is 14.9. The van der Waals surface area contributed by atoms with Crippen molar-refractivity contribution in [1.82, 2.24) is 5.32 Å². The van der Waals surface area contributed by atoms with Gasteiger partial charge in [0.15, 0.2) is 0 Å². The van der Waals surface area contributed by atoms with Crippen molar-refractivity contribution in [3.8, 4) is 0 Å². The molecule has 0 heterocycles. The Balaban J connectivity index is 4.16. The zero-order valence-corrected chi connectivity index (χ0v) is 14.6. The van der Waals surface area contributed by atoms with E-state index < -0.39 is 0 Å². The lowest BCUT2D eigenvalue weighted by atomic mass is 9.82. The molecule has 0 aromatic heterocycles. The molecule has 5 atom stereocenters. The molecule has 0 spiro atoms. The quantitative estimate of drug-likeness (QED) is 0.522. The molecule has 0 aliphatic rings. The van der Waals surface area contributed by atoms with Crippen LogP contribution in [0.3, 0.4) is 0 Å². The molecule has 0 rings (SSSR count). The second-order valence-electron chi connectivity index (χ2n) is 6.92. The maximum atomic E-state index is 3.55. The summed E-state index contributed by atoms with van der Waals surface area (Å²) in [6.45, 7) is 14.3. The Morgan fingerprint density at radius 2 is 1.32 bits per heavy atom.